The lowest BCUT2D eigenvalue weighted by Crippen LogP contribution is -2.38. The van der Waals surface area contributed by atoms with Crippen molar-refractivity contribution >= 4 is 34.7 Å². The first-order valence-electron chi connectivity index (χ1n) is 12.9. The van der Waals surface area contributed by atoms with Crippen molar-refractivity contribution < 1.29 is 23.1 Å². The maximum absolute atomic E-state index is 14.7. The van der Waals surface area contributed by atoms with Gasteiger partial charge in [0, 0.05) is 36.4 Å². The van der Waals surface area contributed by atoms with Gasteiger partial charge in [-0.1, -0.05) is 24.9 Å². The highest BCUT2D eigenvalue weighted by molar-refractivity contribution is 6.31. The number of rotatable bonds is 3. The lowest BCUT2D eigenvalue weighted by molar-refractivity contribution is -0.129. The molecule has 2 bridgehead atoms. The van der Waals surface area contributed by atoms with Crippen molar-refractivity contribution in [1.29, 1.82) is 0 Å². The largest absolute Gasteiger partial charge is 0.497 e. The molecular formula is C30H28ClF2N3O3. The van der Waals surface area contributed by atoms with Crippen LogP contribution in [-0.4, -0.2) is 35.4 Å². The highest BCUT2D eigenvalue weighted by Gasteiger charge is 2.31. The number of halogens is 3. The summed E-state index contributed by atoms with van der Waals surface area (Å²) in [5, 5.41) is 2.85. The van der Waals surface area contributed by atoms with E-state index in [4.69, 9.17) is 16.3 Å². The van der Waals surface area contributed by atoms with Crippen LogP contribution < -0.4 is 10.1 Å². The van der Waals surface area contributed by atoms with Gasteiger partial charge in [-0.05, 0) is 66.8 Å². The molecule has 3 heterocycles. The van der Waals surface area contributed by atoms with Gasteiger partial charge in [0.05, 0.1) is 35.1 Å². The minimum absolute atomic E-state index is 0.0943. The molecule has 0 aliphatic carbocycles. The van der Waals surface area contributed by atoms with Crippen LogP contribution >= 0.6 is 11.6 Å². The van der Waals surface area contributed by atoms with Crippen molar-refractivity contribution in [3.63, 3.8) is 0 Å². The average Bonchev–Trinajstić information content (AvgIpc) is 2.93. The molecular weight excluding hydrogens is 524 g/mol. The second-order valence-corrected chi connectivity index (χ2v) is 10.3. The van der Waals surface area contributed by atoms with E-state index in [9.17, 15) is 18.4 Å². The molecule has 0 saturated carbocycles. The van der Waals surface area contributed by atoms with E-state index in [0.29, 0.717) is 36.4 Å². The molecule has 202 valence electrons. The molecule has 0 fully saturated rings. The highest BCUT2D eigenvalue weighted by atomic mass is 35.5. The molecule has 9 heteroatoms. The fourth-order valence-corrected chi connectivity index (χ4v) is 5.41. The van der Waals surface area contributed by atoms with Gasteiger partial charge >= 0.3 is 0 Å². The maximum Gasteiger partial charge on any atom is 0.247 e. The van der Waals surface area contributed by atoms with Gasteiger partial charge in [-0.25, -0.2) is 8.78 Å². The van der Waals surface area contributed by atoms with Crippen LogP contribution in [0.1, 0.15) is 49.9 Å². The number of carbonyl (C=O) groups excluding carboxylic acids is 2. The number of benzene rings is 2. The summed E-state index contributed by atoms with van der Waals surface area (Å²) in [5.41, 5.74) is 2.99. The summed E-state index contributed by atoms with van der Waals surface area (Å²) in [6.07, 6.45) is 5.11. The topological polar surface area (TPSA) is 71.5 Å². The minimum atomic E-state index is -0.868. The number of hydrogen-bond acceptors (Lipinski definition) is 4. The van der Waals surface area contributed by atoms with Crippen LogP contribution in [0.2, 0.25) is 5.02 Å². The molecule has 2 aromatic carbocycles. The van der Waals surface area contributed by atoms with E-state index in [1.807, 2.05) is 31.2 Å². The van der Waals surface area contributed by atoms with Crippen molar-refractivity contribution in [1.82, 2.24) is 9.88 Å². The molecule has 1 N–H and O–H groups in total. The lowest BCUT2D eigenvalue weighted by atomic mass is 9.92. The van der Waals surface area contributed by atoms with Gasteiger partial charge in [-0.15, -0.1) is 0 Å². The number of nitrogens with one attached hydrogen (secondary N) is 1. The summed E-state index contributed by atoms with van der Waals surface area (Å²) < 4.78 is 34.6. The van der Waals surface area contributed by atoms with Gasteiger partial charge in [0.1, 0.15) is 11.6 Å². The Kier molecular flexibility index (Phi) is 7.66. The predicted octanol–water partition coefficient (Wildman–Crippen LogP) is 6.80. The molecule has 39 heavy (non-hydrogen) atoms. The Labute approximate surface area is 230 Å². The van der Waals surface area contributed by atoms with Crippen molar-refractivity contribution in [3.8, 4) is 16.9 Å². The van der Waals surface area contributed by atoms with Crippen molar-refractivity contribution in [2.45, 2.75) is 38.6 Å². The summed E-state index contributed by atoms with van der Waals surface area (Å²) in [4.78, 5) is 32.7. The van der Waals surface area contributed by atoms with Crippen LogP contribution in [0.4, 0.5) is 14.5 Å². The molecule has 0 spiro atoms. The molecule has 1 aromatic heterocycles. The van der Waals surface area contributed by atoms with E-state index >= 15 is 0 Å². The third-order valence-electron chi connectivity index (χ3n) is 7.42. The molecule has 0 radical (unpaired) electrons. The smallest absolute Gasteiger partial charge is 0.247 e. The highest BCUT2D eigenvalue weighted by Crippen LogP contribution is 2.38. The predicted molar refractivity (Wildman–Crippen MR) is 146 cm³/mol. The molecule has 2 aliphatic heterocycles. The average molecular weight is 552 g/mol. The van der Waals surface area contributed by atoms with Gasteiger partial charge in [0.2, 0.25) is 11.8 Å². The fourth-order valence-electron chi connectivity index (χ4n) is 5.25. The van der Waals surface area contributed by atoms with Crippen LogP contribution in [0.25, 0.3) is 16.7 Å². The van der Waals surface area contributed by atoms with Gasteiger partial charge in [0.15, 0.2) is 5.82 Å². The first kappa shape index (κ1) is 26.8. The monoisotopic (exact) mass is 551 g/mol. The number of anilines is 1. The molecule has 2 amide bonds. The molecule has 2 unspecified atom stereocenters. The molecule has 5 rings (SSSR count). The number of ether oxygens (including phenoxy) is 1. The van der Waals surface area contributed by atoms with Gasteiger partial charge in [0.25, 0.3) is 0 Å². The summed E-state index contributed by atoms with van der Waals surface area (Å²) >= 11 is 5.88. The number of amides is 2. The number of carbonyl (C=O) groups is 2. The van der Waals surface area contributed by atoms with E-state index in [-0.39, 0.29) is 52.9 Å². The maximum atomic E-state index is 14.7. The normalized spacial score (nSPS) is 19.8. The van der Waals surface area contributed by atoms with Gasteiger partial charge in [-0.3, -0.25) is 14.6 Å². The van der Waals surface area contributed by atoms with Crippen LogP contribution in [0.15, 0.2) is 54.7 Å². The second-order valence-electron chi connectivity index (χ2n) is 9.89. The zero-order valence-electron chi connectivity index (χ0n) is 21.6. The molecule has 0 saturated heterocycles. The molecule has 2 aliphatic rings. The molecule has 6 nitrogen and oxygen atoms in total. The van der Waals surface area contributed by atoms with Crippen molar-refractivity contribution in [3.05, 3.63) is 82.7 Å². The Bertz CT molecular complexity index is 1480. The molecule has 2 atom stereocenters. The number of nitrogens with zero attached hydrogens (tertiary/aromatic N) is 2. The first-order valence-corrected chi connectivity index (χ1v) is 13.2. The van der Waals surface area contributed by atoms with Crippen molar-refractivity contribution in [2.24, 2.45) is 5.92 Å². The summed E-state index contributed by atoms with van der Waals surface area (Å²) in [7, 11) is 1.57. The van der Waals surface area contributed by atoms with E-state index in [1.54, 1.807) is 24.3 Å². The quantitative estimate of drug-likeness (QED) is 0.363. The zero-order valence-corrected chi connectivity index (χ0v) is 22.4. The number of hydrogen-bond donors (Lipinski definition) is 1. The van der Waals surface area contributed by atoms with Crippen LogP contribution in [0.3, 0.4) is 0 Å². The van der Waals surface area contributed by atoms with E-state index in [0.717, 1.165) is 23.3 Å². The first-order chi connectivity index (χ1) is 18.8. The second kappa shape index (κ2) is 11.1. The van der Waals surface area contributed by atoms with Crippen LogP contribution in [0.5, 0.6) is 5.75 Å². The zero-order chi connectivity index (χ0) is 27.7. The Morgan fingerprint density at radius 3 is 2.69 bits per heavy atom. The Morgan fingerprint density at radius 1 is 1.10 bits per heavy atom. The molecule has 3 aromatic rings. The third-order valence-corrected chi connectivity index (χ3v) is 7.72. The Morgan fingerprint density at radius 2 is 1.92 bits per heavy atom. The Balaban J connectivity index is 1.53. The van der Waals surface area contributed by atoms with Crippen LogP contribution in [0, 0.1) is 17.6 Å². The van der Waals surface area contributed by atoms with Gasteiger partial charge in [-0.2, -0.15) is 0 Å². The number of fused-ring (bicyclic) bond motifs is 4. The van der Waals surface area contributed by atoms with Crippen LogP contribution in [-0.2, 0) is 9.59 Å². The number of methoxy groups -OCH3 is 1. The Hall–Kier alpha value is -3.78. The standard InChI is InChI=1S/C30H28ClF2N3O3/c1-17-4-3-5-26(36-13-11-19(15-27(36)37)28-23(32)9-8-22(31)29(28)33)25-14-18(10-12-34-25)21-7-6-20(39-2)16-24(21)35-30(17)38/h6-10,12,14-17,26H,3-5,11,13H2,1-2H3,(H,35,38). The summed E-state index contributed by atoms with van der Waals surface area (Å²) in [6.45, 7) is 2.14. The number of pyridine rings is 1. The van der Waals surface area contributed by atoms with E-state index in [1.165, 1.54) is 6.08 Å². The third kappa shape index (κ3) is 5.39. The number of aromatic nitrogens is 1. The summed E-state index contributed by atoms with van der Waals surface area (Å²) in [5.74, 6) is -1.71. The van der Waals surface area contributed by atoms with E-state index < -0.39 is 11.6 Å². The minimum Gasteiger partial charge on any atom is -0.497 e. The van der Waals surface area contributed by atoms with E-state index in [2.05, 4.69) is 10.3 Å². The fraction of sp³-hybridized carbons (Fsp3) is 0.300. The van der Waals surface area contributed by atoms with Gasteiger partial charge < -0.3 is 15.0 Å². The van der Waals surface area contributed by atoms with Crippen molar-refractivity contribution in [2.75, 3.05) is 19.0 Å². The summed E-state index contributed by atoms with van der Waals surface area (Å²) in [6, 6.07) is 11.2. The SMILES string of the molecule is COc1ccc2c(c1)NC(=O)C(C)CCCC(N1CCC(c3c(F)ccc(Cl)c3F)=CC1=O)c1cc-2ccn1. The lowest BCUT2D eigenvalue weighted by Gasteiger charge is -2.34.